The lowest BCUT2D eigenvalue weighted by atomic mass is 10.1. The first-order valence-corrected chi connectivity index (χ1v) is 9.61. The second-order valence-corrected chi connectivity index (χ2v) is 7.08. The number of nitrogens with one attached hydrogen (secondary N) is 1. The topological polar surface area (TPSA) is 80.6 Å². The predicted octanol–water partition coefficient (Wildman–Crippen LogP) is 4.43. The smallest absolute Gasteiger partial charge is 0.266 e. The van der Waals surface area contributed by atoms with Crippen LogP contribution in [0.2, 0.25) is 0 Å². The fraction of sp³-hybridized carbons (Fsp3) is 0.304. The van der Waals surface area contributed by atoms with Gasteiger partial charge in [-0.1, -0.05) is 26.0 Å². The highest BCUT2D eigenvalue weighted by molar-refractivity contribution is 6.09. The molecule has 0 atom stereocenters. The first-order chi connectivity index (χ1) is 14.0. The van der Waals surface area contributed by atoms with Crippen molar-refractivity contribution in [1.29, 1.82) is 5.26 Å². The normalized spacial score (nSPS) is 13.0. The Labute approximate surface area is 170 Å². The van der Waals surface area contributed by atoms with E-state index in [4.69, 9.17) is 14.2 Å². The van der Waals surface area contributed by atoms with Gasteiger partial charge in [0, 0.05) is 11.8 Å². The van der Waals surface area contributed by atoms with Gasteiger partial charge in [-0.2, -0.15) is 5.26 Å². The highest BCUT2D eigenvalue weighted by Gasteiger charge is 2.14. The molecule has 0 unspecified atom stereocenters. The van der Waals surface area contributed by atoms with Crippen LogP contribution in [-0.2, 0) is 4.79 Å². The molecular weight excluding hydrogens is 368 g/mol. The fourth-order valence-electron chi connectivity index (χ4n) is 2.71. The Bertz CT molecular complexity index is 927. The first-order valence-electron chi connectivity index (χ1n) is 9.61. The molecule has 0 aliphatic carbocycles. The maximum Gasteiger partial charge on any atom is 0.266 e. The third-order valence-corrected chi connectivity index (χ3v) is 4.32. The average molecular weight is 392 g/mol. The summed E-state index contributed by atoms with van der Waals surface area (Å²) in [6.07, 6.45) is 2.53. The molecule has 0 spiro atoms. The Hall–Kier alpha value is -3.46. The summed E-state index contributed by atoms with van der Waals surface area (Å²) < 4.78 is 16.7. The molecule has 0 bridgehead atoms. The number of hydrogen-bond donors (Lipinski definition) is 1. The van der Waals surface area contributed by atoms with Gasteiger partial charge in [-0.15, -0.1) is 0 Å². The second kappa shape index (κ2) is 9.65. The van der Waals surface area contributed by atoms with Gasteiger partial charge in [0.25, 0.3) is 5.91 Å². The Morgan fingerprint density at radius 2 is 1.90 bits per heavy atom. The molecule has 0 aromatic heterocycles. The number of rotatable bonds is 7. The molecule has 6 heteroatoms. The number of anilines is 1. The summed E-state index contributed by atoms with van der Waals surface area (Å²) >= 11 is 0. The summed E-state index contributed by atoms with van der Waals surface area (Å²) in [4.78, 5) is 12.5. The molecule has 1 N–H and O–H groups in total. The number of benzene rings is 2. The lowest BCUT2D eigenvalue weighted by Gasteiger charge is -2.18. The predicted molar refractivity (Wildman–Crippen MR) is 111 cm³/mol. The molecule has 1 aliphatic heterocycles. The maximum absolute atomic E-state index is 12.5. The zero-order valence-electron chi connectivity index (χ0n) is 16.6. The number of amides is 1. The molecule has 0 radical (unpaired) electrons. The minimum atomic E-state index is -0.485. The number of nitrogens with zero attached hydrogens (tertiary/aromatic N) is 1. The molecule has 2 aromatic rings. The number of carbonyl (C=O) groups is 1. The van der Waals surface area contributed by atoms with Crippen LogP contribution in [0.15, 0.2) is 48.0 Å². The van der Waals surface area contributed by atoms with Crippen LogP contribution < -0.4 is 19.5 Å². The van der Waals surface area contributed by atoms with E-state index in [1.807, 2.05) is 30.3 Å². The lowest BCUT2D eigenvalue weighted by Crippen LogP contribution is -2.17. The van der Waals surface area contributed by atoms with Crippen LogP contribution in [0.25, 0.3) is 6.08 Å². The van der Waals surface area contributed by atoms with Gasteiger partial charge >= 0.3 is 0 Å². The van der Waals surface area contributed by atoms with Gasteiger partial charge in [-0.05, 0) is 48.2 Å². The van der Waals surface area contributed by atoms with E-state index in [-0.39, 0.29) is 5.57 Å². The van der Waals surface area contributed by atoms with Crippen LogP contribution >= 0.6 is 0 Å². The fourth-order valence-corrected chi connectivity index (χ4v) is 2.71. The van der Waals surface area contributed by atoms with Gasteiger partial charge in [0.2, 0.25) is 0 Å². The highest BCUT2D eigenvalue weighted by Crippen LogP contribution is 2.32. The average Bonchev–Trinajstić information content (AvgIpc) is 2.72. The number of carbonyl (C=O) groups excluding carboxylic acids is 1. The van der Waals surface area contributed by atoms with Crippen LogP contribution in [0.1, 0.15) is 25.8 Å². The molecule has 0 fully saturated rings. The summed E-state index contributed by atoms with van der Waals surface area (Å²) in [5.41, 5.74) is 1.29. The lowest BCUT2D eigenvalue weighted by molar-refractivity contribution is -0.112. The summed E-state index contributed by atoms with van der Waals surface area (Å²) in [7, 11) is 0. The van der Waals surface area contributed by atoms with Gasteiger partial charge in [-0.3, -0.25) is 4.79 Å². The third kappa shape index (κ3) is 5.76. The van der Waals surface area contributed by atoms with E-state index < -0.39 is 5.91 Å². The van der Waals surface area contributed by atoms with Crippen molar-refractivity contribution in [2.75, 3.05) is 25.1 Å². The van der Waals surface area contributed by atoms with E-state index >= 15 is 0 Å². The minimum Gasteiger partial charge on any atom is -0.494 e. The largest absolute Gasteiger partial charge is 0.494 e. The van der Waals surface area contributed by atoms with Crippen molar-refractivity contribution < 1.29 is 19.0 Å². The molecule has 0 saturated heterocycles. The van der Waals surface area contributed by atoms with E-state index in [0.29, 0.717) is 42.9 Å². The van der Waals surface area contributed by atoms with Crippen molar-refractivity contribution in [3.63, 3.8) is 0 Å². The zero-order valence-corrected chi connectivity index (χ0v) is 16.6. The summed E-state index contributed by atoms with van der Waals surface area (Å²) in [6.45, 7) is 5.92. The standard InChI is InChI=1S/C23H24N2O4/c1-16(2)9-10-27-20-6-3-17(4-7-20)13-18(15-24)23(26)25-19-5-8-21-22(14-19)29-12-11-28-21/h3-8,13-14,16H,9-12H2,1-2H3,(H,25,26)/b18-13+. The number of ether oxygens (including phenoxy) is 3. The molecule has 6 nitrogen and oxygen atoms in total. The van der Waals surface area contributed by atoms with Crippen molar-refractivity contribution >= 4 is 17.7 Å². The van der Waals surface area contributed by atoms with Crippen LogP contribution in [0.4, 0.5) is 5.69 Å². The van der Waals surface area contributed by atoms with Gasteiger partial charge in [0.05, 0.1) is 6.61 Å². The van der Waals surface area contributed by atoms with Crippen molar-refractivity contribution in [3.8, 4) is 23.3 Å². The molecule has 1 heterocycles. The van der Waals surface area contributed by atoms with E-state index in [9.17, 15) is 10.1 Å². The van der Waals surface area contributed by atoms with E-state index in [1.54, 1.807) is 24.3 Å². The Morgan fingerprint density at radius 1 is 1.17 bits per heavy atom. The van der Waals surface area contributed by atoms with E-state index in [2.05, 4.69) is 19.2 Å². The number of hydrogen-bond acceptors (Lipinski definition) is 5. The molecule has 29 heavy (non-hydrogen) atoms. The quantitative estimate of drug-likeness (QED) is 0.557. The van der Waals surface area contributed by atoms with Crippen molar-refractivity contribution in [2.24, 2.45) is 5.92 Å². The molecule has 150 valence electrons. The van der Waals surface area contributed by atoms with Gasteiger partial charge in [-0.25, -0.2) is 0 Å². The highest BCUT2D eigenvalue weighted by atomic mass is 16.6. The SMILES string of the molecule is CC(C)CCOc1ccc(/C=C(\C#N)C(=O)Nc2ccc3c(c2)OCCO3)cc1. The number of fused-ring (bicyclic) bond motifs is 1. The van der Waals surface area contributed by atoms with E-state index in [1.165, 1.54) is 0 Å². The van der Waals surface area contributed by atoms with Crippen molar-refractivity contribution in [1.82, 2.24) is 0 Å². The molecule has 2 aromatic carbocycles. The number of nitriles is 1. The Kier molecular flexibility index (Phi) is 6.75. The molecule has 1 amide bonds. The third-order valence-electron chi connectivity index (χ3n) is 4.32. The Balaban J connectivity index is 1.64. The van der Waals surface area contributed by atoms with E-state index in [0.717, 1.165) is 17.7 Å². The maximum atomic E-state index is 12.5. The molecule has 1 aliphatic rings. The first kappa shape index (κ1) is 20.3. The van der Waals surface area contributed by atoms with Crippen LogP contribution in [0, 0.1) is 17.2 Å². The Morgan fingerprint density at radius 3 is 2.59 bits per heavy atom. The molecular formula is C23H24N2O4. The minimum absolute atomic E-state index is 0.00775. The summed E-state index contributed by atoms with van der Waals surface area (Å²) in [5.74, 6) is 2.08. The summed E-state index contributed by atoms with van der Waals surface area (Å²) in [5, 5.41) is 12.1. The van der Waals surface area contributed by atoms with Crippen LogP contribution in [0.5, 0.6) is 17.2 Å². The van der Waals surface area contributed by atoms with Crippen molar-refractivity contribution in [3.05, 3.63) is 53.6 Å². The monoisotopic (exact) mass is 392 g/mol. The van der Waals surface area contributed by atoms with Gasteiger partial charge < -0.3 is 19.5 Å². The van der Waals surface area contributed by atoms with Crippen LogP contribution in [-0.4, -0.2) is 25.7 Å². The molecule has 3 rings (SSSR count). The summed E-state index contributed by atoms with van der Waals surface area (Å²) in [6, 6.07) is 14.4. The van der Waals surface area contributed by atoms with Crippen LogP contribution in [0.3, 0.4) is 0 Å². The van der Waals surface area contributed by atoms with Crippen molar-refractivity contribution in [2.45, 2.75) is 20.3 Å². The van der Waals surface area contributed by atoms with Gasteiger partial charge in [0.1, 0.15) is 30.6 Å². The van der Waals surface area contributed by atoms with Gasteiger partial charge in [0.15, 0.2) is 11.5 Å². The zero-order chi connectivity index (χ0) is 20.6. The molecule has 0 saturated carbocycles. The second-order valence-electron chi connectivity index (χ2n) is 7.08.